The third kappa shape index (κ3) is 3.38. The van der Waals surface area contributed by atoms with Gasteiger partial charge >= 0.3 is 0 Å². The maximum atomic E-state index is 13.7. The molecular formula is C13H16F2N2O3S. The lowest BCUT2D eigenvalue weighted by Gasteiger charge is -2.18. The van der Waals surface area contributed by atoms with E-state index >= 15 is 0 Å². The molecule has 1 aliphatic rings. The van der Waals surface area contributed by atoms with Crippen LogP contribution in [0.15, 0.2) is 17.0 Å². The van der Waals surface area contributed by atoms with Gasteiger partial charge in [-0.2, -0.15) is 0 Å². The fourth-order valence-corrected chi connectivity index (χ4v) is 2.82. The number of halogens is 2. The summed E-state index contributed by atoms with van der Waals surface area (Å²) in [5.74, 6) is -2.25. The van der Waals surface area contributed by atoms with Crippen molar-refractivity contribution in [1.29, 1.82) is 0 Å². The van der Waals surface area contributed by atoms with Gasteiger partial charge in [-0.3, -0.25) is 4.79 Å². The van der Waals surface area contributed by atoms with E-state index in [2.05, 4.69) is 0 Å². The van der Waals surface area contributed by atoms with E-state index in [1.807, 2.05) is 6.92 Å². The Labute approximate surface area is 121 Å². The van der Waals surface area contributed by atoms with Gasteiger partial charge in [-0.25, -0.2) is 22.3 Å². The number of carbonyl (C=O) groups excluding carboxylic acids is 1. The fraction of sp³-hybridized carbons (Fsp3) is 0.462. The van der Waals surface area contributed by atoms with Gasteiger partial charge < -0.3 is 4.90 Å². The molecule has 1 aromatic carbocycles. The largest absolute Gasteiger partial charge is 0.341 e. The van der Waals surface area contributed by atoms with E-state index in [9.17, 15) is 22.0 Å². The standard InChI is InChI=1S/C13H16F2N2O3S/c1-7-3-8(7)6-17(2)13(18)9-4-12(21(16,19)20)11(15)5-10(9)14/h4-5,7-8H,3,6H2,1-2H3,(H2,16,19,20). The van der Waals surface area contributed by atoms with Crippen LogP contribution in [0, 0.1) is 23.5 Å². The molecule has 0 saturated heterocycles. The lowest BCUT2D eigenvalue weighted by molar-refractivity contribution is 0.0782. The van der Waals surface area contributed by atoms with Crippen LogP contribution in [-0.2, 0) is 10.0 Å². The first-order chi connectivity index (χ1) is 9.61. The van der Waals surface area contributed by atoms with Crippen molar-refractivity contribution in [1.82, 2.24) is 4.90 Å². The molecule has 0 spiro atoms. The maximum absolute atomic E-state index is 13.7. The molecule has 2 unspecified atom stereocenters. The van der Waals surface area contributed by atoms with E-state index in [-0.39, 0.29) is 0 Å². The summed E-state index contributed by atoms with van der Waals surface area (Å²) in [4.78, 5) is 12.6. The van der Waals surface area contributed by atoms with Crippen molar-refractivity contribution in [2.24, 2.45) is 17.0 Å². The summed E-state index contributed by atoms with van der Waals surface area (Å²) in [7, 11) is -2.87. The molecule has 0 aliphatic heterocycles. The zero-order chi connectivity index (χ0) is 15.9. The second kappa shape index (κ2) is 5.34. The Balaban J connectivity index is 2.32. The van der Waals surface area contributed by atoms with Crippen LogP contribution in [0.4, 0.5) is 8.78 Å². The Morgan fingerprint density at radius 2 is 1.95 bits per heavy atom. The average Bonchev–Trinajstić information content (AvgIpc) is 3.02. The molecular weight excluding hydrogens is 302 g/mol. The molecule has 0 bridgehead atoms. The van der Waals surface area contributed by atoms with Crippen molar-refractivity contribution in [3.05, 3.63) is 29.3 Å². The van der Waals surface area contributed by atoms with Crippen LogP contribution in [-0.4, -0.2) is 32.8 Å². The van der Waals surface area contributed by atoms with Crippen LogP contribution in [0.3, 0.4) is 0 Å². The molecule has 1 saturated carbocycles. The quantitative estimate of drug-likeness (QED) is 0.909. The number of carbonyl (C=O) groups is 1. The number of rotatable bonds is 4. The van der Waals surface area contributed by atoms with Gasteiger partial charge in [0.05, 0.1) is 5.56 Å². The minimum Gasteiger partial charge on any atom is -0.341 e. The number of benzene rings is 1. The van der Waals surface area contributed by atoms with Crippen LogP contribution in [0.1, 0.15) is 23.7 Å². The first kappa shape index (κ1) is 15.8. The van der Waals surface area contributed by atoms with Crippen molar-refractivity contribution < 1.29 is 22.0 Å². The average molecular weight is 318 g/mol. The molecule has 0 aromatic heterocycles. The number of nitrogens with two attached hydrogens (primary N) is 1. The van der Waals surface area contributed by atoms with Crippen LogP contribution < -0.4 is 5.14 Å². The Morgan fingerprint density at radius 1 is 1.38 bits per heavy atom. The van der Waals surface area contributed by atoms with Crippen LogP contribution in [0.25, 0.3) is 0 Å². The molecule has 1 fully saturated rings. The third-order valence-electron chi connectivity index (χ3n) is 3.69. The molecule has 116 valence electrons. The number of primary sulfonamides is 1. The van der Waals surface area contributed by atoms with Crippen molar-refractivity contribution >= 4 is 15.9 Å². The minimum atomic E-state index is -4.36. The van der Waals surface area contributed by atoms with Gasteiger partial charge in [0.1, 0.15) is 16.5 Å². The summed E-state index contributed by atoms with van der Waals surface area (Å²) in [6, 6.07) is 1.01. The summed E-state index contributed by atoms with van der Waals surface area (Å²) in [5, 5.41) is 4.85. The zero-order valence-corrected chi connectivity index (χ0v) is 12.5. The first-order valence-corrected chi connectivity index (χ1v) is 7.93. The second-order valence-corrected chi connectivity index (χ2v) is 7.00. The molecule has 5 nitrogen and oxygen atoms in total. The SMILES string of the molecule is CC1CC1CN(C)C(=O)c1cc(S(N)(=O)=O)c(F)cc1F. The summed E-state index contributed by atoms with van der Waals surface area (Å²) in [5.41, 5.74) is -0.503. The Kier molecular flexibility index (Phi) is 4.03. The van der Waals surface area contributed by atoms with Gasteiger partial charge in [-0.05, 0) is 24.3 Å². The zero-order valence-electron chi connectivity index (χ0n) is 11.6. The fourth-order valence-electron chi connectivity index (χ4n) is 2.20. The normalized spacial score (nSPS) is 21.2. The molecule has 1 aliphatic carbocycles. The van der Waals surface area contributed by atoms with Gasteiger partial charge in [0.2, 0.25) is 10.0 Å². The van der Waals surface area contributed by atoms with E-state index in [0.29, 0.717) is 30.5 Å². The number of hydrogen-bond acceptors (Lipinski definition) is 3. The van der Waals surface area contributed by atoms with Crippen molar-refractivity contribution in [2.75, 3.05) is 13.6 Å². The van der Waals surface area contributed by atoms with Crippen molar-refractivity contribution in [2.45, 2.75) is 18.2 Å². The van der Waals surface area contributed by atoms with Crippen molar-refractivity contribution in [3.63, 3.8) is 0 Å². The van der Waals surface area contributed by atoms with Gasteiger partial charge in [0.25, 0.3) is 5.91 Å². The molecule has 2 atom stereocenters. The molecule has 0 radical (unpaired) electrons. The third-order valence-corrected chi connectivity index (χ3v) is 4.62. The summed E-state index contributed by atoms with van der Waals surface area (Å²) in [6.07, 6.45) is 0.992. The Morgan fingerprint density at radius 3 is 2.43 bits per heavy atom. The van der Waals surface area contributed by atoms with Crippen LogP contribution in [0.2, 0.25) is 0 Å². The van der Waals surface area contributed by atoms with E-state index in [1.165, 1.54) is 11.9 Å². The monoisotopic (exact) mass is 318 g/mol. The lowest BCUT2D eigenvalue weighted by atomic mass is 10.1. The van der Waals surface area contributed by atoms with E-state index < -0.39 is 38.0 Å². The van der Waals surface area contributed by atoms with Gasteiger partial charge in [0.15, 0.2) is 0 Å². The topological polar surface area (TPSA) is 80.5 Å². The predicted molar refractivity (Wildman–Crippen MR) is 72.0 cm³/mol. The molecule has 2 N–H and O–H groups in total. The number of amides is 1. The minimum absolute atomic E-state index is 0.361. The highest BCUT2D eigenvalue weighted by atomic mass is 32.2. The Bertz CT molecular complexity index is 691. The second-order valence-electron chi connectivity index (χ2n) is 5.47. The smallest absolute Gasteiger partial charge is 0.256 e. The van der Waals surface area contributed by atoms with Crippen molar-refractivity contribution in [3.8, 4) is 0 Å². The molecule has 0 heterocycles. The van der Waals surface area contributed by atoms with E-state index in [0.717, 1.165) is 6.42 Å². The highest BCUT2D eigenvalue weighted by Gasteiger charge is 2.35. The van der Waals surface area contributed by atoms with Gasteiger partial charge in [-0.1, -0.05) is 6.92 Å². The summed E-state index contributed by atoms with van der Waals surface area (Å²) in [6.45, 7) is 2.49. The molecule has 8 heteroatoms. The van der Waals surface area contributed by atoms with Crippen LogP contribution in [0.5, 0.6) is 0 Å². The number of nitrogens with zero attached hydrogens (tertiary/aromatic N) is 1. The highest BCUT2D eigenvalue weighted by molar-refractivity contribution is 7.89. The Hall–Kier alpha value is -1.54. The number of sulfonamides is 1. The summed E-state index contributed by atoms with van der Waals surface area (Å²) >= 11 is 0. The number of hydrogen-bond donors (Lipinski definition) is 1. The molecule has 2 rings (SSSR count). The van der Waals surface area contributed by atoms with Gasteiger partial charge in [-0.15, -0.1) is 0 Å². The maximum Gasteiger partial charge on any atom is 0.256 e. The molecule has 21 heavy (non-hydrogen) atoms. The van der Waals surface area contributed by atoms with Crippen LogP contribution >= 0.6 is 0 Å². The van der Waals surface area contributed by atoms with Gasteiger partial charge in [0, 0.05) is 19.7 Å². The van der Waals surface area contributed by atoms with E-state index in [4.69, 9.17) is 5.14 Å². The highest BCUT2D eigenvalue weighted by Crippen LogP contribution is 2.38. The molecule has 1 aromatic rings. The predicted octanol–water partition coefficient (Wildman–Crippen LogP) is 1.34. The first-order valence-electron chi connectivity index (χ1n) is 6.38. The lowest BCUT2D eigenvalue weighted by Crippen LogP contribution is -2.30. The van der Waals surface area contributed by atoms with E-state index in [1.54, 1.807) is 0 Å². The summed E-state index contributed by atoms with van der Waals surface area (Å²) < 4.78 is 49.6. The molecule has 1 amide bonds.